The van der Waals surface area contributed by atoms with Crippen LogP contribution < -0.4 is 5.73 Å². The molecule has 0 aliphatic heterocycles. The van der Waals surface area contributed by atoms with Gasteiger partial charge in [0.15, 0.2) is 10.9 Å². The number of nitriles is 1. The van der Waals surface area contributed by atoms with E-state index in [4.69, 9.17) is 11.0 Å². The summed E-state index contributed by atoms with van der Waals surface area (Å²) in [6.45, 7) is 3.38. The van der Waals surface area contributed by atoms with Crippen molar-refractivity contribution < 1.29 is 4.79 Å². The minimum Gasteiger partial charge on any atom is -0.401 e. The number of nitrogens with two attached hydrogens (primary N) is 1. The number of para-hydroxylation sites is 1. The van der Waals surface area contributed by atoms with E-state index >= 15 is 0 Å². The molecule has 7 heteroatoms. The molecule has 2 aromatic rings. The zero-order chi connectivity index (χ0) is 16.1. The summed E-state index contributed by atoms with van der Waals surface area (Å²) in [5.74, 6) is 0.502. The maximum absolute atomic E-state index is 12.0. The number of Topliss-reactive ketones (excluding diaryl/α,β-unsaturated/α-hetero) is 1. The van der Waals surface area contributed by atoms with Crippen LogP contribution in [-0.2, 0) is 4.79 Å². The Kier molecular flexibility index (Phi) is 4.96. The number of ketones is 1. The fourth-order valence-corrected chi connectivity index (χ4v) is 2.75. The molecule has 1 heterocycles. The van der Waals surface area contributed by atoms with Gasteiger partial charge in [-0.25, -0.2) is 0 Å². The topological polar surface area (TPSA) is 97.6 Å². The molecule has 1 aromatic heterocycles. The second kappa shape index (κ2) is 6.91. The van der Waals surface area contributed by atoms with Gasteiger partial charge in [-0.1, -0.05) is 30.0 Å². The first-order valence-electron chi connectivity index (χ1n) is 6.54. The van der Waals surface area contributed by atoms with E-state index in [9.17, 15) is 4.79 Å². The smallest absolute Gasteiger partial charge is 0.196 e. The van der Waals surface area contributed by atoms with Gasteiger partial charge in [0.1, 0.15) is 17.5 Å². The largest absolute Gasteiger partial charge is 0.401 e. The fraction of sp³-hybridized carbons (Fsp3) is 0.200. The van der Waals surface area contributed by atoms with Gasteiger partial charge in [-0.2, -0.15) is 5.26 Å². The molecule has 0 fully saturated rings. The lowest BCUT2D eigenvalue weighted by Crippen LogP contribution is -2.11. The predicted octanol–water partition coefficient (Wildman–Crippen LogP) is 1.99. The van der Waals surface area contributed by atoms with Gasteiger partial charge >= 0.3 is 0 Å². The van der Waals surface area contributed by atoms with Crippen LogP contribution in [0.15, 0.2) is 46.8 Å². The summed E-state index contributed by atoms with van der Waals surface area (Å²) in [5, 5.41) is 17.7. The Morgan fingerprint density at radius 2 is 2.05 bits per heavy atom. The number of benzene rings is 1. The number of nitrogens with zero attached hydrogens (tertiary/aromatic N) is 4. The summed E-state index contributed by atoms with van der Waals surface area (Å²) >= 11 is 1.23. The molecular formula is C15H15N5OS. The van der Waals surface area contributed by atoms with Crippen LogP contribution in [0.5, 0.6) is 0 Å². The summed E-state index contributed by atoms with van der Waals surface area (Å²) in [4.78, 5) is 12.0. The minimum absolute atomic E-state index is 0.00463. The highest BCUT2D eigenvalue weighted by Crippen LogP contribution is 2.22. The lowest BCUT2D eigenvalue weighted by molar-refractivity contribution is -0.112. The summed E-state index contributed by atoms with van der Waals surface area (Å²) < 4.78 is 1.86. The van der Waals surface area contributed by atoms with E-state index in [1.807, 2.05) is 47.9 Å². The van der Waals surface area contributed by atoms with Crippen LogP contribution in [0.4, 0.5) is 0 Å². The van der Waals surface area contributed by atoms with Crippen LogP contribution in [0.1, 0.15) is 12.7 Å². The van der Waals surface area contributed by atoms with E-state index < -0.39 is 0 Å². The van der Waals surface area contributed by atoms with Crippen LogP contribution >= 0.6 is 11.8 Å². The Bertz CT molecular complexity index is 754. The normalized spacial score (nSPS) is 11.7. The highest BCUT2D eigenvalue weighted by molar-refractivity contribution is 7.99. The quantitative estimate of drug-likeness (QED) is 0.515. The third-order valence-electron chi connectivity index (χ3n) is 2.93. The highest BCUT2D eigenvalue weighted by atomic mass is 32.2. The third kappa shape index (κ3) is 3.35. The number of aryl methyl sites for hydroxylation is 1. The molecule has 1 aromatic carbocycles. The number of thioether (sulfide) groups is 1. The van der Waals surface area contributed by atoms with Gasteiger partial charge in [0.25, 0.3) is 0 Å². The lowest BCUT2D eigenvalue weighted by atomic mass is 10.2. The molecule has 2 rings (SSSR count). The first-order chi connectivity index (χ1) is 10.5. The van der Waals surface area contributed by atoms with Crippen molar-refractivity contribution in [3.63, 3.8) is 0 Å². The van der Waals surface area contributed by atoms with Gasteiger partial charge in [-0.05, 0) is 26.0 Å². The molecule has 22 heavy (non-hydrogen) atoms. The molecule has 0 saturated carbocycles. The van der Waals surface area contributed by atoms with E-state index in [0.29, 0.717) is 5.16 Å². The molecule has 2 N–H and O–H groups in total. The molecule has 0 saturated heterocycles. The molecule has 0 spiro atoms. The van der Waals surface area contributed by atoms with Crippen LogP contribution in [0.2, 0.25) is 0 Å². The third-order valence-corrected chi connectivity index (χ3v) is 3.86. The van der Waals surface area contributed by atoms with Crippen molar-refractivity contribution in [3.8, 4) is 11.8 Å². The van der Waals surface area contributed by atoms with Crippen molar-refractivity contribution in [2.24, 2.45) is 5.73 Å². The minimum atomic E-state index is -0.312. The van der Waals surface area contributed by atoms with E-state index in [2.05, 4.69) is 10.2 Å². The average molecular weight is 313 g/mol. The van der Waals surface area contributed by atoms with Gasteiger partial charge in [0.2, 0.25) is 0 Å². The lowest BCUT2D eigenvalue weighted by Gasteiger charge is -2.07. The molecule has 6 nitrogen and oxygen atoms in total. The number of hydrogen-bond acceptors (Lipinski definition) is 6. The summed E-state index contributed by atoms with van der Waals surface area (Å²) in [5.41, 5.74) is 6.68. The first-order valence-corrected chi connectivity index (χ1v) is 7.53. The van der Waals surface area contributed by atoms with Crippen molar-refractivity contribution in [2.45, 2.75) is 19.0 Å². The molecular weight excluding hydrogens is 298 g/mol. The van der Waals surface area contributed by atoms with Gasteiger partial charge in [0, 0.05) is 11.4 Å². The average Bonchev–Trinajstić information content (AvgIpc) is 2.87. The Labute approximate surface area is 132 Å². The van der Waals surface area contributed by atoms with Crippen LogP contribution in [-0.4, -0.2) is 26.3 Å². The van der Waals surface area contributed by atoms with Gasteiger partial charge in [-0.15, -0.1) is 10.2 Å². The number of rotatable bonds is 5. The summed E-state index contributed by atoms with van der Waals surface area (Å²) in [6.07, 6.45) is 0. The Morgan fingerprint density at radius 1 is 1.36 bits per heavy atom. The van der Waals surface area contributed by atoms with Crippen LogP contribution in [0.3, 0.4) is 0 Å². The number of carbonyl (C=O) groups is 1. The van der Waals surface area contributed by atoms with E-state index in [0.717, 1.165) is 11.5 Å². The molecule has 112 valence electrons. The number of aromatic nitrogens is 3. The zero-order valence-corrected chi connectivity index (χ0v) is 13.1. The van der Waals surface area contributed by atoms with Gasteiger partial charge in [0.05, 0.1) is 5.75 Å². The van der Waals surface area contributed by atoms with E-state index in [1.165, 1.54) is 18.7 Å². The van der Waals surface area contributed by atoms with E-state index in [1.54, 1.807) is 0 Å². The Balaban J connectivity index is 2.21. The van der Waals surface area contributed by atoms with Gasteiger partial charge < -0.3 is 5.73 Å². The molecule has 0 unspecified atom stereocenters. The number of carbonyl (C=O) groups excluding carboxylic acids is 1. The van der Waals surface area contributed by atoms with Crippen LogP contribution in [0, 0.1) is 18.3 Å². The summed E-state index contributed by atoms with van der Waals surface area (Å²) in [7, 11) is 0. The standard InChI is InChI=1S/C15H15N5OS/c1-10(17)13(8-16)14(21)9-22-15-19-18-11(2)20(15)12-6-4-3-5-7-12/h3-7H,9,17H2,1-2H3/b13-10+. The first kappa shape index (κ1) is 15.8. The monoisotopic (exact) mass is 313 g/mol. The van der Waals surface area contributed by atoms with Crippen molar-refractivity contribution in [3.05, 3.63) is 47.4 Å². The number of hydrogen-bond donors (Lipinski definition) is 1. The Morgan fingerprint density at radius 3 is 2.64 bits per heavy atom. The maximum Gasteiger partial charge on any atom is 0.196 e. The molecule has 0 bridgehead atoms. The van der Waals surface area contributed by atoms with Crippen molar-refractivity contribution in [2.75, 3.05) is 5.75 Å². The molecule has 0 atom stereocenters. The Hall–Kier alpha value is -2.59. The van der Waals surface area contributed by atoms with Gasteiger partial charge in [-0.3, -0.25) is 9.36 Å². The van der Waals surface area contributed by atoms with Crippen molar-refractivity contribution >= 4 is 17.5 Å². The second-order valence-electron chi connectivity index (χ2n) is 4.58. The van der Waals surface area contributed by atoms with Crippen molar-refractivity contribution in [1.29, 1.82) is 5.26 Å². The van der Waals surface area contributed by atoms with Crippen LogP contribution in [0.25, 0.3) is 5.69 Å². The van der Waals surface area contributed by atoms with Crippen molar-refractivity contribution in [1.82, 2.24) is 14.8 Å². The molecule has 0 aliphatic carbocycles. The molecule has 0 amide bonds. The predicted molar refractivity (Wildman–Crippen MR) is 84.3 cm³/mol. The second-order valence-corrected chi connectivity index (χ2v) is 5.52. The zero-order valence-electron chi connectivity index (χ0n) is 12.3. The SMILES string of the molecule is C/C(N)=C(/C#N)C(=O)CSc1nnc(C)n1-c1ccccc1. The van der Waals surface area contributed by atoms with E-state index in [-0.39, 0.29) is 22.8 Å². The number of allylic oxidation sites excluding steroid dienone is 2. The maximum atomic E-state index is 12.0. The fourth-order valence-electron chi connectivity index (χ4n) is 1.88. The molecule has 0 aliphatic rings. The molecule has 0 radical (unpaired) electrons. The highest BCUT2D eigenvalue weighted by Gasteiger charge is 2.16. The summed E-state index contributed by atoms with van der Waals surface area (Å²) in [6, 6.07) is 11.5.